The number of carboxylic acids is 1. The molecule has 88 valence electrons. The van der Waals surface area contributed by atoms with Crippen LogP contribution in [0.4, 0.5) is 0 Å². The molecule has 1 saturated heterocycles. The molecule has 1 fully saturated rings. The number of likely N-dealkylation sites (N-methyl/N-ethyl adjacent to an activating group) is 1. The van der Waals surface area contributed by atoms with Crippen LogP contribution in [0.2, 0.25) is 0 Å². The number of carboxylic acid groups (broad SMARTS) is 1. The normalized spacial score (nSPS) is 28.3. The zero-order chi connectivity index (χ0) is 11.4. The summed E-state index contributed by atoms with van der Waals surface area (Å²) in [6.07, 6.45) is 0.0938. The van der Waals surface area contributed by atoms with Crippen molar-refractivity contribution in [1.29, 1.82) is 0 Å². The first kappa shape index (κ1) is 12.4. The number of aliphatic hydroxyl groups is 1. The first-order valence-electron chi connectivity index (χ1n) is 5.22. The molecule has 0 aromatic carbocycles. The van der Waals surface area contributed by atoms with E-state index in [9.17, 15) is 9.90 Å². The molecule has 5 nitrogen and oxygen atoms in total. The average Bonchev–Trinajstić information content (AvgIpc) is 2.49. The molecule has 2 N–H and O–H groups in total. The van der Waals surface area contributed by atoms with Crippen LogP contribution >= 0.6 is 0 Å². The Kier molecular flexibility index (Phi) is 4.50. The third-order valence-corrected chi connectivity index (χ3v) is 2.81. The number of hydrogen-bond donors (Lipinski definition) is 2. The quantitative estimate of drug-likeness (QED) is 0.674. The second-order valence-electron chi connectivity index (χ2n) is 4.12. The molecule has 0 bridgehead atoms. The lowest BCUT2D eigenvalue weighted by Gasteiger charge is -2.28. The standard InChI is InChI=1S/C10H19NO4/c1-7-9(3-4-15-7)11(2)6-8(12)5-10(13)14/h7-9,12H,3-6H2,1-2H3,(H,13,14). The van der Waals surface area contributed by atoms with Crippen LogP contribution in [-0.2, 0) is 9.53 Å². The molecule has 3 unspecified atom stereocenters. The minimum atomic E-state index is -0.966. The predicted molar refractivity (Wildman–Crippen MR) is 54.7 cm³/mol. The van der Waals surface area contributed by atoms with E-state index < -0.39 is 12.1 Å². The molecule has 0 aromatic rings. The SMILES string of the molecule is CC1OCCC1N(C)CC(O)CC(=O)O. The summed E-state index contributed by atoms with van der Waals surface area (Å²) in [4.78, 5) is 12.4. The summed E-state index contributed by atoms with van der Waals surface area (Å²) < 4.78 is 5.41. The molecule has 3 atom stereocenters. The number of hydrogen-bond acceptors (Lipinski definition) is 4. The average molecular weight is 217 g/mol. The minimum absolute atomic E-state index is 0.159. The number of carbonyl (C=O) groups is 1. The highest BCUT2D eigenvalue weighted by Crippen LogP contribution is 2.18. The van der Waals surface area contributed by atoms with Crippen molar-refractivity contribution >= 4 is 5.97 Å². The molecule has 0 radical (unpaired) electrons. The van der Waals surface area contributed by atoms with Crippen LogP contribution in [0.15, 0.2) is 0 Å². The fourth-order valence-electron chi connectivity index (χ4n) is 2.03. The molecule has 5 heteroatoms. The van der Waals surface area contributed by atoms with Gasteiger partial charge in [0.1, 0.15) is 0 Å². The topological polar surface area (TPSA) is 70.0 Å². The van der Waals surface area contributed by atoms with E-state index in [0.29, 0.717) is 6.54 Å². The van der Waals surface area contributed by atoms with E-state index in [2.05, 4.69) is 0 Å². The Morgan fingerprint density at radius 2 is 2.33 bits per heavy atom. The Morgan fingerprint density at radius 3 is 2.80 bits per heavy atom. The van der Waals surface area contributed by atoms with Gasteiger partial charge in [-0.05, 0) is 20.4 Å². The first-order valence-corrected chi connectivity index (χ1v) is 5.22. The molecule has 1 aliphatic heterocycles. The van der Waals surface area contributed by atoms with Crippen LogP contribution < -0.4 is 0 Å². The van der Waals surface area contributed by atoms with Gasteiger partial charge in [0.25, 0.3) is 0 Å². The van der Waals surface area contributed by atoms with E-state index >= 15 is 0 Å². The monoisotopic (exact) mass is 217 g/mol. The molecule has 0 amide bonds. The van der Waals surface area contributed by atoms with E-state index in [1.165, 1.54) is 0 Å². The van der Waals surface area contributed by atoms with Crippen LogP contribution in [0.1, 0.15) is 19.8 Å². The van der Waals surface area contributed by atoms with Gasteiger partial charge in [0, 0.05) is 19.2 Å². The molecule has 15 heavy (non-hydrogen) atoms. The van der Waals surface area contributed by atoms with Gasteiger partial charge in [-0.3, -0.25) is 9.69 Å². The van der Waals surface area contributed by atoms with Crippen molar-refractivity contribution in [3.63, 3.8) is 0 Å². The highest BCUT2D eigenvalue weighted by molar-refractivity contribution is 5.67. The lowest BCUT2D eigenvalue weighted by Crippen LogP contribution is -2.41. The fourth-order valence-corrected chi connectivity index (χ4v) is 2.03. The summed E-state index contributed by atoms with van der Waals surface area (Å²) in [5.74, 6) is -0.966. The van der Waals surface area contributed by atoms with E-state index in [1.54, 1.807) is 0 Å². The van der Waals surface area contributed by atoms with Crippen molar-refractivity contribution in [2.45, 2.75) is 38.0 Å². The van der Waals surface area contributed by atoms with Gasteiger partial charge in [0.15, 0.2) is 0 Å². The predicted octanol–water partition coefficient (Wildman–Crippen LogP) is -0.0688. The van der Waals surface area contributed by atoms with Crippen LogP contribution in [-0.4, -0.2) is 59.5 Å². The van der Waals surface area contributed by atoms with E-state index in [4.69, 9.17) is 9.84 Å². The number of nitrogens with zero attached hydrogens (tertiary/aromatic N) is 1. The van der Waals surface area contributed by atoms with Crippen molar-refractivity contribution in [3.8, 4) is 0 Å². The Balaban J connectivity index is 2.34. The Hall–Kier alpha value is -0.650. The molecule has 1 rings (SSSR count). The highest BCUT2D eigenvalue weighted by Gasteiger charge is 2.28. The molecule has 0 aliphatic carbocycles. The molecule has 0 saturated carbocycles. The number of ether oxygens (including phenoxy) is 1. The summed E-state index contributed by atoms with van der Waals surface area (Å²) >= 11 is 0. The van der Waals surface area contributed by atoms with Gasteiger partial charge in [-0.15, -0.1) is 0 Å². The van der Waals surface area contributed by atoms with Gasteiger partial charge in [-0.1, -0.05) is 0 Å². The zero-order valence-electron chi connectivity index (χ0n) is 9.22. The van der Waals surface area contributed by atoms with Crippen LogP contribution in [0.3, 0.4) is 0 Å². The Labute approximate surface area is 89.6 Å². The van der Waals surface area contributed by atoms with Crippen LogP contribution in [0, 0.1) is 0 Å². The molecule has 1 aliphatic rings. The molecule has 0 aromatic heterocycles. The smallest absolute Gasteiger partial charge is 0.306 e. The lowest BCUT2D eigenvalue weighted by molar-refractivity contribution is -0.139. The van der Waals surface area contributed by atoms with Gasteiger partial charge in [-0.25, -0.2) is 0 Å². The van der Waals surface area contributed by atoms with E-state index in [0.717, 1.165) is 13.0 Å². The largest absolute Gasteiger partial charge is 0.481 e. The van der Waals surface area contributed by atoms with Crippen molar-refractivity contribution < 1.29 is 19.7 Å². The van der Waals surface area contributed by atoms with Gasteiger partial charge < -0.3 is 14.9 Å². The van der Waals surface area contributed by atoms with E-state index in [1.807, 2.05) is 18.9 Å². The number of aliphatic carboxylic acids is 1. The van der Waals surface area contributed by atoms with E-state index in [-0.39, 0.29) is 18.6 Å². The third-order valence-electron chi connectivity index (χ3n) is 2.81. The van der Waals surface area contributed by atoms with Crippen molar-refractivity contribution in [3.05, 3.63) is 0 Å². The third kappa shape index (κ3) is 3.77. The summed E-state index contributed by atoms with van der Waals surface area (Å²) in [6.45, 7) is 3.12. The molecule has 1 heterocycles. The number of aliphatic hydroxyl groups excluding tert-OH is 1. The summed E-state index contributed by atoms with van der Waals surface area (Å²) in [6, 6.07) is 0.286. The van der Waals surface area contributed by atoms with Crippen LogP contribution in [0.25, 0.3) is 0 Å². The van der Waals surface area contributed by atoms with Crippen LogP contribution in [0.5, 0.6) is 0 Å². The summed E-state index contributed by atoms with van der Waals surface area (Å²) in [7, 11) is 1.89. The maximum absolute atomic E-state index is 10.4. The molecular weight excluding hydrogens is 198 g/mol. The maximum atomic E-state index is 10.4. The van der Waals surface area contributed by atoms with Crippen molar-refractivity contribution in [1.82, 2.24) is 4.90 Å². The Morgan fingerprint density at radius 1 is 1.67 bits per heavy atom. The van der Waals surface area contributed by atoms with Gasteiger partial charge in [-0.2, -0.15) is 0 Å². The summed E-state index contributed by atoms with van der Waals surface area (Å²) in [5, 5.41) is 18.0. The molecular formula is C10H19NO4. The minimum Gasteiger partial charge on any atom is -0.481 e. The van der Waals surface area contributed by atoms with Gasteiger partial charge in [0.05, 0.1) is 18.6 Å². The van der Waals surface area contributed by atoms with Crippen molar-refractivity contribution in [2.75, 3.05) is 20.2 Å². The summed E-state index contributed by atoms with van der Waals surface area (Å²) in [5.41, 5.74) is 0. The van der Waals surface area contributed by atoms with Crippen molar-refractivity contribution in [2.24, 2.45) is 0 Å². The number of rotatable bonds is 5. The second-order valence-corrected chi connectivity index (χ2v) is 4.12. The zero-order valence-corrected chi connectivity index (χ0v) is 9.22. The maximum Gasteiger partial charge on any atom is 0.306 e. The molecule has 0 spiro atoms. The first-order chi connectivity index (χ1) is 7.00. The Bertz CT molecular complexity index is 221. The lowest BCUT2D eigenvalue weighted by atomic mass is 10.1. The second kappa shape index (κ2) is 5.44. The van der Waals surface area contributed by atoms with Gasteiger partial charge >= 0.3 is 5.97 Å². The van der Waals surface area contributed by atoms with Gasteiger partial charge in [0.2, 0.25) is 0 Å². The highest BCUT2D eigenvalue weighted by atomic mass is 16.5. The fraction of sp³-hybridized carbons (Fsp3) is 0.900.